The van der Waals surface area contributed by atoms with Gasteiger partial charge in [0.1, 0.15) is 11.8 Å². The lowest BCUT2D eigenvalue weighted by molar-refractivity contribution is -0.152. The van der Waals surface area contributed by atoms with Crippen LogP contribution in [0.1, 0.15) is 34.3 Å². The SMILES string of the molecule is CCOC(=O)[C@]1(C#N)[C@H](c2ccccc2)[C@H](C(=O)c2ccc(OC)c(Br)c2)N2c3ccccc3C=C[C@H]21. The number of carbonyl (C=O) groups is 2. The zero-order valence-electron chi connectivity index (χ0n) is 20.4. The molecule has 1 saturated heterocycles. The van der Waals surface area contributed by atoms with E-state index in [1.165, 1.54) is 0 Å². The van der Waals surface area contributed by atoms with Gasteiger partial charge in [-0.2, -0.15) is 5.26 Å². The molecule has 0 unspecified atom stereocenters. The zero-order valence-corrected chi connectivity index (χ0v) is 22.0. The molecule has 0 amide bonds. The van der Waals surface area contributed by atoms with Crippen molar-refractivity contribution in [1.29, 1.82) is 5.26 Å². The van der Waals surface area contributed by atoms with Gasteiger partial charge in [0.2, 0.25) is 0 Å². The van der Waals surface area contributed by atoms with E-state index in [1.54, 1.807) is 32.2 Å². The Labute approximate surface area is 224 Å². The second-order valence-electron chi connectivity index (χ2n) is 9.02. The van der Waals surface area contributed by atoms with Crippen molar-refractivity contribution in [2.45, 2.75) is 24.9 Å². The van der Waals surface area contributed by atoms with E-state index in [9.17, 15) is 14.9 Å². The Balaban J connectivity index is 1.79. The monoisotopic (exact) mass is 556 g/mol. The van der Waals surface area contributed by atoms with E-state index in [1.807, 2.05) is 71.6 Å². The van der Waals surface area contributed by atoms with Gasteiger partial charge in [0.05, 0.1) is 30.3 Å². The number of ether oxygens (including phenoxy) is 2. The van der Waals surface area contributed by atoms with Crippen LogP contribution in [0.2, 0.25) is 0 Å². The summed E-state index contributed by atoms with van der Waals surface area (Å²) in [5, 5.41) is 10.8. The highest BCUT2D eigenvalue weighted by atomic mass is 79.9. The summed E-state index contributed by atoms with van der Waals surface area (Å²) >= 11 is 3.49. The Morgan fingerprint density at radius 3 is 2.49 bits per heavy atom. The third-order valence-corrected chi connectivity index (χ3v) is 7.83. The summed E-state index contributed by atoms with van der Waals surface area (Å²) in [4.78, 5) is 30.1. The molecule has 2 aliphatic heterocycles. The molecule has 3 aromatic carbocycles. The molecular formula is C30H25BrN2O4. The first-order valence-corrected chi connectivity index (χ1v) is 12.8. The van der Waals surface area contributed by atoms with Crippen LogP contribution in [0.15, 0.2) is 83.3 Å². The van der Waals surface area contributed by atoms with Crippen molar-refractivity contribution >= 4 is 39.4 Å². The molecule has 5 rings (SSSR count). The molecule has 0 radical (unpaired) electrons. The summed E-state index contributed by atoms with van der Waals surface area (Å²) in [5.74, 6) is -1.01. The number of methoxy groups -OCH3 is 1. The standard InChI is InChI=1S/C30H25BrN2O4/c1-3-37-29(35)30(18-32)25-16-14-19-9-7-8-12-23(19)33(25)27(26(30)20-10-5-4-6-11-20)28(34)21-13-15-24(36-2)22(31)17-21/h4-17,25-27H,3H2,1-2H3/t25-,26+,27+,30-/m0/s1. The van der Waals surface area contributed by atoms with Crippen LogP contribution in [-0.2, 0) is 9.53 Å². The number of anilines is 1. The van der Waals surface area contributed by atoms with Crippen molar-refractivity contribution in [1.82, 2.24) is 0 Å². The van der Waals surface area contributed by atoms with Crippen molar-refractivity contribution in [3.8, 4) is 11.8 Å². The highest BCUT2D eigenvalue weighted by Crippen LogP contribution is 2.56. The molecule has 0 spiro atoms. The van der Waals surface area contributed by atoms with E-state index in [0.717, 1.165) is 16.8 Å². The lowest BCUT2D eigenvalue weighted by atomic mass is 9.68. The fourth-order valence-corrected chi connectivity index (χ4v) is 6.18. The third kappa shape index (κ3) is 3.84. The zero-order chi connectivity index (χ0) is 26.2. The summed E-state index contributed by atoms with van der Waals surface area (Å²) in [7, 11) is 1.56. The molecule has 7 heteroatoms. The van der Waals surface area contributed by atoms with Gasteiger partial charge in [-0.25, -0.2) is 0 Å². The predicted molar refractivity (Wildman–Crippen MR) is 144 cm³/mol. The first-order chi connectivity index (χ1) is 18.0. The van der Waals surface area contributed by atoms with Gasteiger partial charge in [-0.1, -0.05) is 60.7 Å². The number of hydrogen-bond acceptors (Lipinski definition) is 6. The highest BCUT2D eigenvalue weighted by molar-refractivity contribution is 9.10. The molecule has 0 aliphatic carbocycles. The van der Waals surface area contributed by atoms with Crippen molar-refractivity contribution < 1.29 is 19.1 Å². The maximum atomic E-state index is 14.4. The molecule has 1 fully saturated rings. The number of hydrogen-bond donors (Lipinski definition) is 0. The molecule has 0 aromatic heterocycles. The number of benzene rings is 3. The van der Waals surface area contributed by atoms with Gasteiger partial charge < -0.3 is 14.4 Å². The van der Waals surface area contributed by atoms with Crippen LogP contribution in [0, 0.1) is 16.7 Å². The molecule has 0 bridgehead atoms. The number of nitriles is 1. The van der Waals surface area contributed by atoms with Crippen LogP contribution >= 0.6 is 15.9 Å². The van der Waals surface area contributed by atoms with Crippen LogP contribution in [0.4, 0.5) is 5.69 Å². The molecule has 0 N–H and O–H groups in total. The Morgan fingerprint density at radius 2 is 1.81 bits per heavy atom. The second-order valence-corrected chi connectivity index (χ2v) is 9.87. The Kier molecular flexibility index (Phi) is 6.61. The number of esters is 1. The number of rotatable bonds is 6. The van der Waals surface area contributed by atoms with E-state index >= 15 is 0 Å². The summed E-state index contributed by atoms with van der Waals surface area (Å²) in [5.41, 5.74) is 1.23. The average molecular weight is 557 g/mol. The number of fused-ring (bicyclic) bond motifs is 3. The maximum absolute atomic E-state index is 14.4. The number of nitrogens with zero attached hydrogens (tertiary/aromatic N) is 2. The Morgan fingerprint density at radius 1 is 1.08 bits per heavy atom. The van der Waals surface area contributed by atoms with Gasteiger partial charge in [-0.3, -0.25) is 9.59 Å². The fraction of sp³-hybridized carbons (Fsp3) is 0.233. The second kappa shape index (κ2) is 9.87. The first-order valence-electron chi connectivity index (χ1n) is 12.0. The number of halogens is 1. The molecule has 0 saturated carbocycles. The van der Waals surface area contributed by atoms with Gasteiger partial charge in [0.15, 0.2) is 11.2 Å². The predicted octanol–water partition coefficient (Wildman–Crippen LogP) is 5.78. The first kappa shape index (κ1) is 24.8. The van der Waals surface area contributed by atoms with E-state index < -0.39 is 29.4 Å². The van der Waals surface area contributed by atoms with Crippen molar-refractivity contribution in [2.75, 3.05) is 18.6 Å². The fourth-order valence-electron chi connectivity index (χ4n) is 5.64. The van der Waals surface area contributed by atoms with Gasteiger partial charge >= 0.3 is 5.97 Å². The quantitative estimate of drug-likeness (QED) is 0.283. The average Bonchev–Trinajstić information content (AvgIpc) is 3.25. The third-order valence-electron chi connectivity index (χ3n) is 7.21. The van der Waals surface area contributed by atoms with Gasteiger partial charge in [0.25, 0.3) is 0 Å². The summed E-state index contributed by atoms with van der Waals surface area (Å²) in [6, 6.07) is 23.0. The Hall–Kier alpha value is -3.89. The lowest BCUT2D eigenvalue weighted by Gasteiger charge is -2.36. The molecule has 2 aliphatic rings. The van der Waals surface area contributed by atoms with E-state index in [0.29, 0.717) is 15.8 Å². The number of carbonyl (C=O) groups excluding carboxylic acids is 2. The number of para-hydroxylation sites is 1. The van der Waals surface area contributed by atoms with Gasteiger partial charge in [-0.15, -0.1) is 0 Å². The Bertz CT molecular complexity index is 1430. The minimum atomic E-state index is -1.65. The normalized spacial score (nSPS) is 23.5. The summed E-state index contributed by atoms with van der Waals surface area (Å²) < 4.78 is 11.5. The molecule has 3 aromatic rings. The maximum Gasteiger partial charge on any atom is 0.329 e. The van der Waals surface area contributed by atoms with E-state index in [4.69, 9.17) is 9.47 Å². The minimum Gasteiger partial charge on any atom is -0.496 e. The van der Waals surface area contributed by atoms with Crippen LogP contribution in [0.25, 0.3) is 6.08 Å². The smallest absolute Gasteiger partial charge is 0.329 e. The van der Waals surface area contributed by atoms with E-state index in [2.05, 4.69) is 22.0 Å². The summed E-state index contributed by atoms with van der Waals surface area (Å²) in [6.45, 7) is 1.84. The molecule has 4 atom stereocenters. The number of ketones is 1. The van der Waals surface area contributed by atoms with Crippen LogP contribution < -0.4 is 9.64 Å². The lowest BCUT2D eigenvalue weighted by Crippen LogP contribution is -2.47. The number of Topliss-reactive ketones (excluding diaryl/α,β-unsaturated/α-hetero) is 1. The largest absolute Gasteiger partial charge is 0.496 e. The minimum absolute atomic E-state index is 0.126. The highest BCUT2D eigenvalue weighted by Gasteiger charge is 2.67. The molecule has 37 heavy (non-hydrogen) atoms. The summed E-state index contributed by atoms with van der Waals surface area (Å²) in [6.07, 6.45) is 3.77. The van der Waals surface area contributed by atoms with Crippen LogP contribution in [0.3, 0.4) is 0 Å². The molecule has 186 valence electrons. The molecule has 2 heterocycles. The molecular weight excluding hydrogens is 532 g/mol. The topological polar surface area (TPSA) is 79.6 Å². The van der Waals surface area contributed by atoms with Crippen LogP contribution in [-0.4, -0.2) is 37.6 Å². The molecule has 6 nitrogen and oxygen atoms in total. The van der Waals surface area contributed by atoms with Gasteiger partial charge in [-0.05, 0) is 58.2 Å². The van der Waals surface area contributed by atoms with Crippen molar-refractivity contribution in [2.24, 2.45) is 5.41 Å². The van der Waals surface area contributed by atoms with E-state index in [-0.39, 0.29) is 12.4 Å². The van der Waals surface area contributed by atoms with Gasteiger partial charge in [0, 0.05) is 17.2 Å². The van der Waals surface area contributed by atoms with Crippen molar-refractivity contribution in [3.05, 3.63) is 100 Å². The van der Waals surface area contributed by atoms with Crippen molar-refractivity contribution in [3.63, 3.8) is 0 Å². The van der Waals surface area contributed by atoms with Crippen LogP contribution in [0.5, 0.6) is 5.75 Å².